The van der Waals surface area contributed by atoms with Crippen LogP contribution in [0, 0.1) is 0 Å². The Labute approximate surface area is 230 Å². The Kier molecular flexibility index (Phi) is 6.83. The zero-order valence-electron chi connectivity index (χ0n) is 23.4. The van der Waals surface area contributed by atoms with Gasteiger partial charge in [-0.25, -0.2) is 0 Å². The highest BCUT2D eigenvalue weighted by molar-refractivity contribution is 6.09. The second-order valence-electron chi connectivity index (χ2n) is 11.1. The van der Waals surface area contributed by atoms with Crippen LogP contribution in [-0.4, -0.2) is 37.1 Å². The topological polar surface area (TPSA) is 64.9 Å². The lowest BCUT2D eigenvalue weighted by molar-refractivity contribution is 0.250. The zero-order chi connectivity index (χ0) is 27.1. The molecule has 6 aromatic rings. The third-order valence-electron chi connectivity index (χ3n) is 7.85. The van der Waals surface area contributed by atoms with Gasteiger partial charge in [0.15, 0.2) is 0 Å². The number of para-hydroxylation sites is 2. The van der Waals surface area contributed by atoms with Crippen LogP contribution in [0.5, 0.6) is 0 Å². The molecule has 0 aliphatic carbocycles. The van der Waals surface area contributed by atoms with Gasteiger partial charge in [-0.2, -0.15) is 0 Å². The molecule has 4 aromatic heterocycles. The first-order valence-electron chi connectivity index (χ1n) is 14.1. The van der Waals surface area contributed by atoms with Crippen LogP contribution in [0.3, 0.4) is 0 Å². The average molecular weight is 519 g/mol. The second kappa shape index (κ2) is 10.4. The fourth-order valence-corrected chi connectivity index (χ4v) is 6.29. The van der Waals surface area contributed by atoms with E-state index in [4.69, 9.17) is 15.7 Å². The van der Waals surface area contributed by atoms with Gasteiger partial charge in [-0.05, 0) is 64.9 Å². The van der Waals surface area contributed by atoms with Crippen molar-refractivity contribution in [3.05, 3.63) is 84.4 Å². The van der Waals surface area contributed by atoms with Gasteiger partial charge >= 0.3 is 0 Å². The monoisotopic (exact) mass is 518 g/mol. The quantitative estimate of drug-likeness (QED) is 0.220. The Balaban J connectivity index is 1.47. The minimum atomic E-state index is 0.324. The Morgan fingerprint density at radius 3 is 1.56 bits per heavy atom. The minimum Gasteiger partial charge on any atom is -0.336 e. The lowest BCUT2D eigenvalue weighted by Gasteiger charge is -2.24. The summed E-state index contributed by atoms with van der Waals surface area (Å²) in [4.78, 5) is 12.4. The van der Waals surface area contributed by atoms with Crippen LogP contribution in [0.2, 0.25) is 0 Å². The molecule has 0 bridgehead atoms. The van der Waals surface area contributed by atoms with E-state index in [9.17, 15) is 0 Å². The van der Waals surface area contributed by atoms with E-state index in [1.54, 1.807) is 0 Å². The normalized spacial score (nSPS) is 12.4. The number of nitrogens with zero attached hydrogens (tertiary/aromatic N) is 5. The lowest BCUT2D eigenvalue weighted by atomic mass is 10.1. The maximum absolute atomic E-state index is 6.01. The predicted molar refractivity (Wildman–Crippen MR) is 163 cm³/mol. The molecule has 6 nitrogen and oxygen atoms in total. The molecule has 0 unspecified atom stereocenters. The van der Waals surface area contributed by atoms with Gasteiger partial charge in [-0.1, -0.05) is 36.4 Å². The summed E-state index contributed by atoms with van der Waals surface area (Å²) in [6, 6.07) is 22.4. The van der Waals surface area contributed by atoms with E-state index in [1.165, 1.54) is 43.6 Å². The van der Waals surface area contributed by atoms with Gasteiger partial charge < -0.3 is 14.9 Å². The molecule has 0 saturated heterocycles. The molecule has 2 N–H and O–H groups in total. The van der Waals surface area contributed by atoms with Crippen molar-refractivity contribution in [1.29, 1.82) is 0 Å². The van der Waals surface area contributed by atoms with Gasteiger partial charge in [0.2, 0.25) is 0 Å². The van der Waals surface area contributed by atoms with Crippen molar-refractivity contribution in [2.45, 2.75) is 59.3 Å². The summed E-state index contributed by atoms with van der Waals surface area (Å²) in [5.74, 6) is 0. The summed E-state index contributed by atoms with van der Waals surface area (Å²) in [6.07, 6.45) is 4.85. The Hall–Kier alpha value is -3.74. The average Bonchev–Trinajstić information content (AvgIpc) is 3.46. The van der Waals surface area contributed by atoms with Crippen molar-refractivity contribution < 1.29 is 0 Å². The van der Waals surface area contributed by atoms with Crippen molar-refractivity contribution >= 4 is 43.6 Å². The molecule has 6 rings (SSSR count). The number of benzene rings is 2. The molecular weight excluding hydrogens is 480 g/mol. The van der Waals surface area contributed by atoms with Gasteiger partial charge in [0.05, 0.1) is 22.4 Å². The van der Waals surface area contributed by atoms with Crippen molar-refractivity contribution in [2.24, 2.45) is 5.73 Å². The molecule has 2 aromatic carbocycles. The van der Waals surface area contributed by atoms with Crippen LogP contribution in [-0.2, 0) is 13.1 Å². The van der Waals surface area contributed by atoms with E-state index in [0.29, 0.717) is 18.6 Å². The molecule has 0 aliphatic rings. The van der Waals surface area contributed by atoms with E-state index >= 15 is 0 Å². The van der Waals surface area contributed by atoms with E-state index < -0.39 is 0 Å². The van der Waals surface area contributed by atoms with Crippen molar-refractivity contribution in [3.63, 3.8) is 0 Å². The smallest absolute Gasteiger partial charge is 0.0786 e. The van der Waals surface area contributed by atoms with E-state index in [-0.39, 0.29) is 0 Å². The molecule has 0 saturated carbocycles. The molecule has 0 spiro atoms. The molecule has 0 aliphatic heterocycles. The van der Waals surface area contributed by atoms with Gasteiger partial charge in [0, 0.05) is 76.7 Å². The summed E-state index contributed by atoms with van der Waals surface area (Å²) in [5.41, 5.74) is 13.2. The Morgan fingerprint density at radius 1 is 0.667 bits per heavy atom. The maximum atomic E-state index is 6.01. The molecule has 39 heavy (non-hydrogen) atoms. The van der Waals surface area contributed by atoms with Crippen LogP contribution >= 0.6 is 0 Å². The number of pyridine rings is 2. The molecule has 0 atom stereocenters. The SMILES string of the molecule is CC(C)n1c2ccccc2c2ccnc(CN(CCCN)Cc3nccc4c5ccccc5n(C(C)C)c34)c21. The number of hydrogen-bond donors (Lipinski definition) is 1. The largest absolute Gasteiger partial charge is 0.336 e. The number of aromatic nitrogens is 4. The lowest BCUT2D eigenvalue weighted by Crippen LogP contribution is -2.27. The maximum Gasteiger partial charge on any atom is 0.0786 e. The molecular formula is C33H38N6. The van der Waals surface area contributed by atoms with Gasteiger partial charge in [0.1, 0.15) is 0 Å². The van der Waals surface area contributed by atoms with Gasteiger partial charge in [-0.15, -0.1) is 0 Å². The van der Waals surface area contributed by atoms with E-state index in [1.807, 2.05) is 12.4 Å². The van der Waals surface area contributed by atoms with Crippen LogP contribution in [0.25, 0.3) is 43.6 Å². The molecule has 6 heteroatoms. The standard InChI is InChI=1S/C33H38N6/c1-22(2)38-30-12-7-5-10-24(30)26-14-17-35-28(32(26)38)20-37(19-9-16-34)21-29-33-27(15-18-36-29)25-11-6-8-13-31(25)39(33)23(3)4/h5-8,10-15,17-18,22-23H,9,16,19-21,34H2,1-4H3. The summed E-state index contributed by atoms with van der Waals surface area (Å²) in [7, 11) is 0. The number of fused-ring (bicyclic) bond motifs is 6. The van der Waals surface area contributed by atoms with Crippen molar-refractivity contribution in [2.75, 3.05) is 13.1 Å². The molecule has 200 valence electrons. The second-order valence-corrected chi connectivity index (χ2v) is 11.1. The summed E-state index contributed by atoms with van der Waals surface area (Å²) in [6.45, 7) is 12.0. The first kappa shape index (κ1) is 25.5. The highest BCUT2D eigenvalue weighted by Gasteiger charge is 2.21. The van der Waals surface area contributed by atoms with Crippen LogP contribution in [0.1, 0.15) is 57.6 Å². The summed E-state index contributed by atoms with van der Waals surface area (Å²) in [5, 5.41) is 5.10. The number of rotatable bonds is 9. The third kappa shape index (κ3) is 4.38. The fraction of sp³-hybridized carbons (Fsp3) is 0.333. The van der Waals surface area contributed by atoms with Crippen LogP contribution in [0.15, 0.2) is 73.1 Å². The van der Waals surface area contributed by atoms with Crippen molar-refractivity contribution in [3.8, 4) is 0 Å². The minimum absolute atomic E-state index is 0.324. The Bertz CT molecular complexity index is 1650. The first-order valence-corrected chi connectivity index (χ1v) is 14.1. The highest BCUT2D eigenvalue weighted by atomic mass is 15.1. The molecule has 4 heterocycles. The summed E-state index contributed by atoms with van der Waals surface area (Å²) < 4.78 is 4.90. The zero-order valence-corrected chi connectivity index (χ0v) is 23.4. The van der Waals surface area contributed by atoms with E-state index in [2.05, 4.69) is 102 Å². The molecule has 0 amide bonds. The van der Waals surface area contributed by atoms with Crippen molar-refractivity contribution in [1.82, 2.24) is 24.0 Å². The predicted octanol–water partition coefficient (Wildman–Crippen LogP) is 7.21. The summed E-state index contributed by atoms with van der Waals surface area (Å²) >= 11 is 0. The first-order chi connectivity index (χ1) is 19.0. The third-order valence-corrected chi connectivity index (χ3v) is 7.85. The number of hydrogen-bond acceptors (Lipinski definition) is 4. The van der Waals surface area contributed by atoms with Crippen LogP contribution < -0.4 is 5.73 Å². The molecule has 0 radical (unpaired) electrons. The van der Waals surface area contributed by atoms with Gasteiger partial charge in [-0.3, -0.25) is 14.9 Å². The fourth-order valence-electron chi connectivity index (χ4n) is 6.29. The van der Waals surface area contributed by atoms with Crippen LogP contribution in [0.4, 0.5) is 0 Å². The number of nitrogens with two attached hydrogens (primary N) is 1. The molecule has 0 fully saturated rings. The van der Waals surface area contributed by atoms with E-state index in [0.717, 1.165) is 37.4 Å². The van der Waals surface area contributed by atoms with Gasteiger partial charge in [0.25, 0.3) is 0 Å². The Morgan fingerprint density at radius 2 is 1.13 bits per heavy atom. The highest BCUT2D eigenvalue weighted by Crippen LogP contribution is 2.35.